The lowest BCUT2D eigenvalue weighted by molar-refractivity contribution is -0.183. The Hall–Kier alpha value is -1.06. The molecule has 0 spiro atoms. The maximum absolute atomic E-state index is 12.5. The highest BCUT2D eigenvalue weighted by atomic mass is 16.6. The minimum atomic E-state index is -0.601. The molecule has 0 amide bonds. The topological polar surface area (TPSA) is 52.6 Å². The zero-order chi connectivity index (χ0) is 21.5. The van der Waals surface area contributed by atoms with Gasteiger partial charge in [0, 0.05) is 10.8 Å². The van der Waals surface area contributed by atoms with Crippen LogP contribution in [0, 0.1) is 10.8 Å². The van der Waals surface area contributed by atoms with Crippen molar-refractivity contribution in [3.8, 4) is 0 Å². The van der Waals surface area contributed by atoms with Crippen LogP contribution in [-0.4, -0.2) is 23.1 Å². The van der Waals surface area contributed by atoms with Gasteiger partial charge in [0.2, 0.25) is 0 Å². The average molecular weight is 385 g/mol. The van der Waals surface area contributed by atoms with Crippen molar-refractivity contribution in [2.45, 2.75) is 125 Å². The predicted molar refractivity (Wildman–Crippen MR) is 112 cm³/mol. The Labute approximate surface area is 167 Å². The van der Waals surface area contributed by atoms with Crippen molar-refractivity contribution in [2.24, 2.45) is 10.8 Å². The van der Waals surface area contributed by atoms with Crippen LogP contribution in [0.1, 0.15) is 114 Å². The Balaban J connectivity index is 5.09. The second-order valence-corrected chi connectivity index (χ2v) is 10.3. The average Bonchev–Trinajstić information content (AvgIpc) is 2.48. The lowest BCUT2D eigenvalue weighted by Gasteiger charge is -2.42. The SMILES string of the molecule is CCCCC(C)(OC(=O)CC(=O)OC(C)(CCCC)C(C)(C)C)C(C)(C)C. The summed E-state index contributed by atoms with van der Waals surface area (Å²) in [6, 6.07) is 0. The zero-order valence-electron chi connectivity index (χ0n) is 19.6. The Morgan fingerprint density at radius 3 is 1.15 bits per heavy atom. The summed E-state index contributed by atoms with van der Waals surface area (Å²) in [5.41, 5.74) is -1.61. The van der Waals surface area contributed by atoms with Crippen LogP contribution in [0.4, 0.5) is 0 Å². The molecule has 0 aliphatic heterocycles. The number of carbonyl (C=O) groups excluding carboxylic acids is 2. The van der Waals surface area contributed by atoms with E-state index >= 15 is 0 Å². The molecule has 0 rings (SSSR count). The van der Waals surface area contributed by atoms with Gasteiger partial charge in [0.05, 0.1) is 0 Å². The summed E-state index contributed by atoms with van der Waals surface area (Å²) < 4.78 is 11.6. The van der Waals surface area contributed by atoms with Crippen LogP contribution in [0.5, 0.6) is 0 Å². The van der Waals surface area contributed by atoms with E-state index < -0.39 is 23.1 Å². The van der Waals surface area contributed by atoms with Gasteiger partial charge >= 0.3 is 11.9 Å². The maximum Gasteiger partial charge on any atom is 0.317 e. The Morgan fingerprint density at radius 1 is 0.630 bits per heavy atom. The van der Waals surface area contributed by atoms with Crippen LogP contribution in [0.2, 0.25) is 0 Å². The van der Waals surface area contributed by atoms with Gasteiger partial charge in [-0.2, -0.15) is 0 Å². The molecule has 2 atom stereocenters. The molecular weight excluding hydrogens is 340 g/mol. The molecule has 0 N–H and O–H groups in total. The molecule has 2 unspecified atom stereocenters. The second-order valence-electron chi connectivity index (χ2n) is 10.3. The highest BCUT2D eigenvalue weighted by Crippen LogP contribution is 2.39. The number of rotatable bonds is 10. The number of hydrogen-bond donors (Lipinski definition) is 0. The van der Waals surface area contributed by atoms with E-state index in [-0.39, 0.29) is 17.3 Å². The molecule has 0 fully saturated rings. The highest BCUT2D eigenvalue weighted by molar-refractivity contribution is 5.91. The van der Waals surface area contributed by atoms with Crippen molar-refractivity contribution in [3.05, 3.63) is 0 Å². The van der Waals surface area contributed by atoms with Crippen LogP contribution in [0.3, 0.4) is 0 Å². The van der Waals surface area contributed by atoms with Gasteiger partial charge in [0.25, 0.3) is 0 Å². The van der Waals surface area contributed by atoms with Crippen LogP contribution >= 0.6 is 0 Å². The first-order valence-electron chi connectivity index (χ1n) is 10.6. The standard InChI is InChI=1S/C23H44O4/c1-11-13-15-22(9,20(3,4)5)26-18(24)17-19(25)27-23(10,16-14-12-2)21(6,7)8/h11-17H2,1-10H3. The predicted octanol–water partition coefficient (Wildman–Crippen LogP) is 6.45. The van der Waals surface area contributed by atoms with Gasteiger partial charge in [-0.3, -0.25) is 9.59 Å². The quantitative estimate of drug-likeness (QED) is 0.321. The Bertz CT molecular complexity index is 440. The molecule has 0 heterocycles. The van der Waals surface area contributed by atoms with Crippen molar-refractivity contribution in [1.82, 2.24) is 0 Å². The van der Waals surface area contributed by atoms with Gasteiger partial charge < -0.3 is 9.47 Å². The minimum Gasteiger partial charge on any atom is -0.458 e. The molecule has 0 radical (unpaired) electrons. The van der Waals surface area contributed by atoms with E-state index in [4.69, 9.17) is 9.47 Å². The molecule has 0 saturated carbocycles. The van der Waals surface area contributed by atoms with Crippen molar-refractivity contribution in [2.75, 3.05) is 0 Å². The molecule has 0 aromatic carbocycles. The molecule has 0 aromatic rings. The first-order valence-corrected chi connectivity index (χ1v) is 10.6. The molecule has 27 heavy (non-hydrogen) atoms. The van der Waals surface area contributed by atoms with Crippen LogP contribution in [0.25, 0.3) is 0 Å². The maximum atomic E-state index is 12.5. The van der Waals surface area contributed by atoms with Crippen molar-refractivity contribution >= 4 is 11.9 Å². The smallest absolute Gasteiger partial charge is 0.317 e. The van der Waals surface area contributed by atoms with Crippen LogP contribution in [0.15, 0.2) is 0 Å². The summed E-state index contributed by atoms with van der Waals surface area (Å²) in [7, 11) is 0. The molecule has 160 valence electrons. The number of hydrogen-bond acceptors (Lipinski definition) is 4. The molecular formula is C23H44O4. The van der Waals surface area contributed by atoms with Gasteiger partial charge in [-0.25, -0.2) is 0 Å². The molecule has 0 bridgehead atoms. The third-order valence-electron chi connectivity index (χ3n) is 6.15. The van der Waals surface area contributed by atoms with E-state index in [0.717, 1.165) is 38.5 Å². The van der Waals surface area contributed by atoms with Gasteiger partial charge in [-0.1, -0.05) is 68.2 Å². The van der Waals surface area contributed by atoms with E-state index in [9.17, 15) is 9.59 Å². The largest absolute Gasteiger partial charge is 0.458 e. The number of ether oxygens (including phenoxy) is 2. The molecule has 0 aliphatic carbocycles. The first kappa shape index (κ1) is 25.9. The van der Waals surface area contributed by atoms with E-state index in [1.165, 1.54) is 0 Å². The summed E-state index contributed by atoms with van der Waals surface area (Å²) >= 11 is 0. The van der Waals surface area contributed by atoms with Crippen LogP contribution < -0.4 is 0 Å². The third-order valence-corrected chi connectivity index (χ3v) is 6.15. The normalized spacial score (nSPS) is 17.0. The number of esters is 2. The Kier molecular flexibility index (Phi) is 9.54. The van der Waals surface area contributed by atoms with Crippen LogP contribution in [-0.2, 0) is 19.1 Å². The molecule has 4 heteroatoms. The fraction of sp³-hybridized carbons (Fsp3) is 0.913. The molecule has 4 nitrogen and oxygen atoms in total. The Morgan fingerprint density at radius 2 is 0.926 bits per heavy atom. The molecule has 0 aromatic heterocycles. The number of unbranched alkanes of at least 4 members (excludes halogenated alkanes) is 2. The summed E-state index contributed by atoms with van der Waals surface area (Å²) in [6.45, 7) is 20.6. The monoisotopic (exact) mass is 384 g/mol. The summed E-state index contributed by atoms with van der Waals surface area (Å²) in [6.07, 6.45) is 5.25. The lowest BCUT2D eigenvalue weighted by Crippen LogP contribution is -2.46. The van der Waals surface area contributed by atoms with E-state index in [1.54, 1.807) is 0 Å². The zero-order valence-corrected chi connectivity index (χ0v) is 19.6. The van der Waals surface area contributed by atoms with Gasteiger partial charge in [0.1, 0.15) is 17.6 Å². The molecule has 0 aliphatic rings. The van der Waals surface area contributed by atoms with Gasteiger partial charge in [-0.15, -0.1) is 0 Å². The minimum absolute atomic E-state index is 0.206. The number of carbonyl (C=O) groups is 2. The fourth-order valence-electron chi connectivity index (χ4n) is 2.88. The summed E-state index contributed by atoms with van der Waals surface area (Å²) in [5, 5.41) is 0. The lowest BCUT2D eigenvalue weighted by atomic mass is 9.74. The third kappa shape index (κ3) is 7.83. The van der Waals surface area contributed by atoms with Crippen molar-refractivity contribution < 1.29 is 19.1 Å². The van der Waals surface area contributed by atoms with Crippen molar-refractivity contribution in [1.29, 1.82) is 0 Å². The molecule has 0 saturated heterocycles. The summed E-state index contributed by atoms with van der Waals surface area (Å²) in [5.74, 6) is -0.999. The highest BCUT2D eigenvalue weighted by Gasteiger charge is 2.43. The van der Waals surface area contributed by atoms with E-state index in [1.807, 2.05) is 13.8 Å². The van der Waals surface area contributed by atoms with Gasteiger partial charge in [-0.05, 0) is 39.5 Å². The van der Waals surface area contributed by atoms with E-state index in [2.05, 4.69) is 55.4 Å². The summed E-state index contributed by atoms with van der Waals surface area (Å²) in [4.78, 5) is 25.0. The van der Waals surface area contributed by atoms with Gasteiger partial charge in [0.15, 0.2) is 0 Å². The fourth-order valence-corrected chi connectivity index (χ4v) is 2.88. The van der Waals surface area contributed by atoms with Crippen molar-refractivity contribution in [3.63, 3.8) is 0 Å². The second kappa shape index (κ2) is 9.93. The first-order chi connectivity index (χ1) is 12.1. The van der Waals surface area contributed by atoms with E-state index in [0.29, 0.717) is 0 Å².